The molecule has 0 saturated carbocycles. The average molecular weight is 418 g/mol. The van der Waals surface area contributed by atoms with Crippen molar-refractivity contribution in [3.63, 3.8) is 0 Å². The zero-order chi connectivity index (χ0) is 22.4. The van der Waals surface area contributed by atoms with Crippen LogP contribution in [0.5, 0.6) is 5.75 Å². The molecule has 30 heavy (non-hydrogen) atoms. The molecule has 1 aromatic carbocycles. The van der Waals surface area contributed by atoms with Gasteiger partial charge in [0.25, 0.3) is 0 Å². The highest BCUT2D eigenvalue weighted by Gasteiger charge is 2.40. The Labute approximate surface area is 184 Å². The van der Waals surface area contributed by atoms with E-state index in [0.717, 1.165) is 43.7 Å². The van der Waals surface area contributed by atoms with Gasteiger partial charge < -0.3 is 14.4 Å². The number of ether oxygens (including phenoxy) is 2. The molecular weight excluding hydrogens is 374 g/mol. The number of nitrogens with zero attached hydrogens (tertiary/aromatic N) is 1. The van der Waals surface area contributed by atoms with Gasteiger partial charge in [0.2, 0.25) is 5.91 Å². The summed E-state index contributed by atoms with van der Waals surface area (Å²) < 4.78 is 11.8. The van der Waals surface area contributed by atoms with Gasteiger partial charge in [0.15, 0.2) is 0 Å². The van der Waals surface area contributed by atoms with Crippen molar-refractivity contribution in [1.29, 1.82) is 0 Å². The Morgan fingerprint density at radius 2 is 1.80 bits per heavy atom. The zero-order valence-electron chi connectivity index (χ0n) is 20.3. The highest BCUT2D eigenvalue weighted by atomic mass is 16.5. The summed E-state index contributed by atoms with van der Waals surface area (Å²) in [5, 5.41) is 0. The Morgan fingerprint density at radius 1 is 1.13 bits per heavy atom. The van der Waals surface area contributed by atoms with E-state index in [1.807, 2.05) is 30.9 Å². The lowest BCUT2D eigenvalue weighted by molar-refractivity contribution is -0.132. The Morgan fingerprint density at radius 3 is 2.33 bits per heavy atom. The van der Waals surface area contributed by atoms with E-state index < -0.39 is 0 Å². The molecule has 4 nitrogen and oxygen atoms in total. The van der Waals surface area contributed by atoms with E-state index in [2.05, 4.69) is 39.8 Å². The molecule has 0 unspecified atom stereocenters. The molecule has 1 fully saturated rings. The van der Waals surface area contributed by atoms with E-state index in [1.165, 1.54) is 12.8 Å². The monoisotopic (exact) mass is 417 g/mol. The van der Waals surface area contributed by atoms with Crippen LogP contribution in [0.15, 0.2) is 24.3 Å². The zero-order valence-corrected chi connectivity index (χ0v) is 20.3. The summed E-state index contributed by atoms with van der Waals surface area (Å²) in [5.41, 5.74) is 1.32. The fourth-order valence-corrected chi connectivity index (χ4v) is 4.62. The summed E-state index contributed by atoms with van der Waals surface area (Å²) >= 11 is 0. The number of amides is 1. The summed E-state index contributed by atoms with van der Waals surface area (Å²) in [4.78, 5) is 14.4. The van der Waals surface area contributed by atoms with Gasteiger partial charge in [-0.2, -0.15) is 0 Å². The van der Waals surface area contributed by atoms with Crippen LogP contribution < -0.4 is 4.74 Å². The Balaban J connectivity index is 2.05. The van der Waals surface area contributed by atoms with Crippen molar-refractivity contribution in [2.75, 3.05) is 13.2 Å². The molecule has 1 amide bonds. The maximum atomic E-state index is 12.4. The van der Waals surface area contributed by atoms with E-state index in [4.69, 9.17) is 9.47 Å². The van der Waals surface area contributed by atoms with Crippen LogP contribution in [0.3, 0.4) is 0 Å². The van der Waals surface area contributed by atoms with Crippen molar-refractivity contribution in [2.24, 2.45) is 11.3 Å². The third kappa shape index (κ3) is 7.94. The first-order chi connectivity index (χ1) is 14.0. The fourth-order valence-electron chi connectivity index (χ4n) is 4.62. The molecular formula is C26H43NO3. The van der Waals surface area contributed by atoms with Crippen LogP contribution in [0.25, 0.3) is 0 Å². The van der Waals surface area contributed by atoms with Gasteiger partial charge in [-0.3, -0.25) is 4.79 Å². The summed E-state index contributed by atoms with van der Waals surface area (Å²) in [6, 6.07) is 8.14. The Hall–Kier alpha value is -1.55. The molecule has 1 atom stereocenters. The van der Waals surface area contributed by atoms with Crippen LogP contribution in [0.2, 0.25) is 0 Å². The van der Waals surface area contributed by atoms with Crippen LogP contribution in [-0.4, -0.2) is 35.7 Å². The van der Waals surface area contributed by atoms with Gasteiger partial charge >= 0.3 is 0 Å². The van der Waals surface area contributed by atoms with Crippen molar-refractivity contribution in [3.05, 3.63) is 29.8 Å². The van der Waals surface area contributed by atoms with Crippen molar-refractivity contribution < 1.29 is 14.3 Å². The summed E-state index contributed by atoms with van der Waals surface area (Å²) in [7, 11) is 0. The second-order valence-electron chi connectivity index (χ2n) is 10.5. The lowest BCUT2D eigenvalue weighted by atomic mass is 9.68. The number of carbonyl (C=O) groups excluding carboxylic acids is 1. The first kappa shape index (κ1) is 24.7. The van der Waals surface area contributed by atoms with E-state index >= 15 is 0 Å². The smallest absolute Gasteiger partial charge is 0.219 e. The van der Waals surface area contributed by atoms with Gasteiger partial charge in [0.1, 0.15) is 5.75 Å². The van der Waals surface area contributed by atoms with Crippen molar-refractivity contribution >= 4 is 5.91 Å². The van der Waals surface area contributed by atoms with Gasteiger partial charge in [0, 0.05) is 26.6 Å². The first-order valence-corrected chi connectivity index (χ1v) is 11.7. The highest BCUT2D eigenvalue weighted by molar-refractivity contribution is 5.73. The topological polar surface area (TPSA) is 38.8 Å². The molecule has 0 aliphatic carbocycles. The van der Waals surface area contributed by atoms with Crippen LogP contribution in [0.1, 0.15) is 86.1 Å². The van der Waals surface area contributed by atoms with Gasteiger partial charge in [-0.25, -0.2) is 0 Å². The molecule has 0 bridgehead atoms. The van der Waals surface area contributed by atoms with Crippen LogP contribution in [0, 0.1) is 11.3 Å². The maximum absolute atomic E-state index is 12.4. The first-order valence-electron chi connectivity index (χ1n) is 11.7. The molecule has 0 radical (unpaired) electrons. The molecule has 2 rings (SSSR count). The third-order valence-electron chi connectivity index (χ3n) is 6.20. The molecule has 1 aromatic rings. The molecule has 0 N–H and O–H groups in total. The van der Waals surface area contributed by atoms with Gasteiger partial charge in [-0.15, -0.1) is 0 Å². The molecule has 0 aromatic heterocycles. The quantitative estimate of drug-likeness (QED) is 0.453. The Kier molecular flexibility index (Phi) is 8.78. The SMILES string of the molecule is CC(=O)N(CC[C@]1(CCC(C)C)CCOC(C)(C)C1)Cc1ccc(OC(C)C)cc1. The predicted molar refractivity (Wildman–Crippen MR) is 124 cm³/mol. The fraction of sp³-hybridized carbons (Fsp3) is 0.731. The number of hydrogen-bond donors (Lipinski definition) is 0. The molecule has 1 aliphatic heterocycles. The summed E-state index contributed by atoms with van der Waals surface area (Å²) in [5.74, 6) is 1.71. The van der Waals surface area contributed by atoms with E-state index in [0.29, 0.717) is 12.5 Å². The molecule has 4 heteroatoms. The minimum absolute atomic E-state index is 0.0808. The van der Waals surface area contributed by atoms with Crippen molar-refractivity contribution in [3.8, 4) is 5.75 Å². The lowest BCUT2D eigenvalue weighted by Gasteiger charge is -2.46. The molecule has 1 saturated heterocycles. The van der Waals surface area contributed by atoms with Crippen LogP contribution >= 0.6 is 0 Å². The Bertz CT molecular complexity index is 665. The van der Waals surface area contributed by atoms with E-state index in [-0.39, 0.29) is 23.0 Å². The van der Waals surface area contributed by atoms with Crippen molar-refractivity contribution in [1.82, 2.24) is 4.90 Å². The number of rotatable bonds is 10. The van der Waals surface area contributed by atoms with Crippen LogP contribution in [0.4, 0.5) is 0 Å². The normalized spacial score (nSPS) is 21.1. The number of benzene rings is 1. The standard InChI is InChI=1S/C26H43NO3/c1-20(2)12-13-26(15-17-29-25(6,7)19-26)14-16-27(22(5)28)18-23-8-10-24(11-9-23)30-21(3)4/h8-11,20-21H,12-19H2,1-7H3/t26-/m1/s1. The van der Waals surface area contributed by atoms with Gasteiger partial charge in [-0.05, 0) is 82.4 Å². The molecule has 170 valence electrons. The van der Waals surface area contributed by atoms with E-state index in [1.54, 1.807) is 6.92 Å². The maximum Gasteiger partial charge on any atom is 0.219 e. The predicted octanol–water partition coefficient (Wildman–Crippen LogP) is 6.22. The third-order valence-corrected chi connectivity index (χ3v) is 6.20. The van der Waals surface area contributed by atoms with Gasteiger partial charge in [0.05, 0.1) is 11.7 Å². The average Bonchev–Trinajstić information content (AvgIpc) is 2.63. The van der Waals surface area contributed by atoms with Crippen LogP contribution in [-0.2, 0) is 16.1 Å². The largest absolute Gasteiger partial charge is 0.491 e. The van der Waals surface area contributed by atoms with Gasteiger partial charge in [-0.1, -0.05) is 32.4 Å². The second-order valence-corrected chi connectivity index (χ2v) is 10.5. The minimum Gasteiger partial charge on any atom is -0.491 e. The van der Waals surface area contributed by atoms with E-state index in [9.17, 15) is 4.79 Å². The van der Waals surface area contributed by atoms with Crippen molar-refractivity contribution in [2.45, 2.75) is 98.8 Å². The lowest BCUT2D eigenvalue weighted by Crippen LogP contribution is -2.43. The number of hydrogen-bond acceptors (Lipinski definition) is 3. The number of carbonyl (C=O) groups is 1. The summed E-state index contributed by atoms with van der Waals surface area (Å²) in [6.45, 7) is 17.0. The molecule has 0 spiro atoms. The highest BCUT2D eigenvalue weighted by Crippen LogP contribution is 2.45. The minimum atomic E-state index is -0.0808. The second kappa shape index (κ2) is 10.7. The molecule has 1 aliphatic rings. The molecule has 1 heterocycles. The summed E-state index contributed by atoms with van der Waals surface area (Å²) in [6.07, 6.45) is 5.81.